The molecule has 2 amide bonds. The van der Waals surface area contributed by atoms with E-state index >= 15 is 0 Å². The van der Waals surface area contributed by atoms with Crippen LogP contribution in [0.15, 0.2) is 48.5 Å². The maximum absolute atomic E-state index is 12.2. The first-order valence-corrected chi connectivity index (χ1v) is 8.58. The van der Waals surface area contributed by atoms with Gasteiger partial charge in [-0.25, -0.2) is 4.79 Å². The molecule has 0 aliphatic carbocycles. The van der Waals surface area contributed by atoms with E-state index in [1.54, 1.807) is 18.2 Å². The molecule has 8 nitrogen and oxygen atoms in total. The zero-order valence-corrected chi connectivity index (χ0v) is 16.1. The Hall–Kier alpha value is -3.46. The van der Waals surface area contributed by atoms with E-state index in [-0.39, 0.29) is 22.8 Å². The summed E-state index contributed by atoms with van der Waals surface area (Å²) in [6.07, 6.45) is 0. The molecule has 0 fully saturated rings. The van der Waals surface area contributed by atoms with Crippen LogP contribution in [0.4, 0.5) is 0 Å². The number of hydrazine groups is 1. The van der Waals surface area contributed by atoms with E-state index in [1.807, 2.05) is 19.1 Å². The average Bonchev–Trinajstić information content (AvgIpc) is 2.71. The molecule has 0 aliphatic rings. The van der Waals surface area contributed by atoms with Crippen LogP contribution in [-0.2, 0) is 9.53 Å². The first-order valence-electron chi connectivity index (χ1n) is 8.17. The Kier molecular flexibility index (Phi) is 7.46. The van der Waals surface area contributed by atoms with E-state index in [4.69, 9.17) is 17.0 Å². The van der Waals surface area contributed by atoms with Crippen LogP contribution < -0.4 is 20.9 Å². The van der Waals surface area contributed by atoms with Crippen molar-refractivity contribution in [2.45, 2.75) is 6.92 Å². The Balaban J connectivity index is 1.80. The molecule has 0 aliphatic heterocycles. The number of aryl methyl sites for hydroxylation is 1. The summed E-state index contributed by atoms with van der Waals surface area (Å²) < 4.78 is 10.0. The summed E-state index contributed by atoms with van der Waals surface area (Å²) in [6.45, 7) is 1.64. The SMILES string of the molecule is COC(=O)c1cccc(C(=O)NC(=S)NNC(=O)COc2ccccc2C)c1. The molecule has 2 rings (SSSR count). The molecule has 0 bridgehead atoms. The molecule has 0 aromatic heterocycles. The molecule has 0 radical (unpaired) electrons. The van der Waals surface area contributed by atoms with Crippen LogP contribution in [0.3, 0.4) is 0 Å². The number of para-hydroxylation sites is 1. The lowest BCUT2D eigenvalue weighted by Crippen LogP contribution is -2.49. The predicted molar refractivity (Wildman–Crippen MR) is 106 cm³/mol. The number of methoxy groups -OCH3 is 1. The van der Waals surface area contributed by atoms with Gasteiger partial charge in [0.15, 0.2) is 11.7 Å². The number of thiocarbonyl (C=S) groups is 1. The van der Waals surface area contributed by atoms with Crippen LogP contribution in [0.2, 0.25) is 0 Å². The van der Waals surface area contributed by atoms with E-state index in [0.29, 0.717) is 5.75 Å². The summed E-state index contributed by atoms with van der Waals surface area (Å²) >= 11 is 4.96. The summed E-state index contributed by atoms with van der Waals surface area (Å²) in [5, 5.41) is 2.28. The number of rotatable bonds is 5. The molecule has 0 heterocycles. The normalized spacial score (nSPS) is 9.79. The fourth-order valence-corrected chi connectivity index (χ4v) is 2.28. The van der Waals surface area contributed by atoms with Crippen LogP contribution in [0.5, 0.6) is 5.75 Å². The third kappa shape index (κ3) is 6.06. The van der Waals surface area contributed by atoms with Crippen LogP contribution in [0.25, 0.3) is 0 Å². The van der Waals surface area contributed by atoms with Gasteiger partial charge in [0.05, 0.1) is 12.7 Å². The fourth-order valence-electron chi connectivity index (χ4n) is 2.14. The lowest BCUT2D eigenvalue weighted by molar-refractivity contribution is -0.123. The van der Waals surface area contributed by atoms with Crippen molar-refractivity contribution < 1.29 is 23.9 Å². The van der Waals surface area contributed by atoms with E-state index < -0.39 is 17.8 Å². The number of ether oxygens (including phenoxy) is 2. The molecule has 9 heteroatoms. The molecular formula is C19H19N3O5S. The molecule has 0 saturated heterocycles. The second-order valence-electron chi connectivity index (χ2n) is 5.58. The highest BCUT2D eigenvalue weighted by molar-refractivity contribution is 7.80. The van der Waals surface area contributed by atoms with Gasteiger partial charge in [0.2, 0.25) is 0 Å². The molecule has 2 aromatic carbocycles. The Bertz CT molecular complexity index is 901. The average molecular weight is 401 g/mol. The minimum Gasteiger partial charge on any atom is -0.483 e. The van der Waals surface area contributed by atoms with Gasteiger partial charge in [0.25, 0.3) is 11.8 Å². The number of nitrogens with one attached hydrogen (secondary N) is 3. The topological polar surface area (TPSA) is 106 Å². The van der Waals surface area contributed by atoms with Gasteiger partial charge in [0.1, 0.15) is 5.75 Å². The number of carbonyl (C=O) groups is 3. The predicted octanol–water partition coefficient (Wildman–Crippen LogP) is 1.50. The zero-order chi connectivity index (χ0) is 20.5. The number of amides is 2. The molecule has 0 saturated carbocycles. The van der Waals surface area contributed by atoms with Gasteiger partial charge in [-0.05, 0) is 49.0 Å². The van der Waals surface area contributed by atoms with Crippen molar-refractivity contribution in [3.05, 3.63) is 65.2 Å². The lowest BCUT2D eigenvalue weighted by atomic mass is 10.1. The summed E-state index contributed by atoms with van der Waals surface area (Å²) in [7, 11) is 1.25. The van der Waals surface area contributed by atoms with E-state index in [0.717, 1.165) is 5.56 Å². The Morgan fingerprint density at radius 3 is 2.43 bits per heavy atom. The van der Waals surface area contributed by atoms with Gasteiger partial charge in [0, 0.05) is 5.56 Å². The number of hydrogen-bond acceptors (Lipinski definition) is 6. The molecule has 2 aromatic rings. The van der Waals surface area contributed by atoms with Gasteiger partial charge in [-0.15, -0.1) is 0 Å². The second kappa shape index (κ2) is 10.0. The fraction of sp³-hybridized carbons (Fsp3) is 0.158. The van der Waals surface area contributed by atoms with Crippen LogP contribution in [0.1, 0.15) is 26.3 Å². The summed E-state index contributed by atoms with van der Waals surface area (Å²) in [5.74, 6) is -0.989. The zero-order valence-electron chi connectivity index (χ0n) is 15.3. The maximum Gasteiger partial charge on any atom is 0.337 e. The van der Waals surface area contributed by atoms with E-state index in [9.17, 15) is 14.4 Å². The van der Waals surface area contributed by atoms with Crippen molar-refractivity contribution in [2.24, 2.45) is 0 Å². The third-order valence-electron chi connectivity index (χ3n) is 3.54. The summed E-state index contributed by atoms with van der Waals surface area (Å²) in [5.41, 5.74) is 6.08. The highest BCUT2D eigenvalue weighted by Gasteiger charge is 2.12. The minimum atomic E-state index is -0.559. The van der Waals surface area contributed by atoms with E-state index in [1.165, 1.54) is 25.3 Å². The van der Waals surface area contributed by atoms with Crippen LogP contribution in [0, 0.1) is 6.92 Å². The molecule has 0 spiro atoms. The Morgan fingerprint density at radius 2 is 1.71 bits per heavy atom. The smallest absolute Gasteiger partial charge is 0.337 e. The quantitative estimate of drug-likeness (QED) is 0.396. The van der Waals surface area contributed by atoms with Gasteiger partial charge >= 0.3 is 5.97 Å². The monoisotopic (exact) mass is 401 g/mol. The Labute approximate surface area is 167 Å². The van der Waals surface area contributed by atoms with Gasteiger partial charge in [-0.3, -0.25) is 25.8 Å². The maximum atomic E-state index is 12.2. The highest BCUT2D eigenvalue weighted by atomic mass is 32.1. The van der Waals surface area contributed by atoms with Crippen LogP contribution >= 0.6 is 12.2 Å². The molecular weight excluding hydrogens is 382 g/mol. The standard InChI is InChI=1S/C19H19N3O5S/c1-12-6-3-4-9-15(12)27-11-16(23)21-22-19(28)20-17(24)13-7-5-8-14(10-13)18(25)26-2/h3-10H,11H2,1-2H3,(H,21,23)(H2,20,22,24,28). The Morgan fingerprint density at radius 1 is 1.00 bits per heavy atom. The van der Waals surface area contributed by atoms with Gasteiger partial charge < -0.3 is 9.47 Å². The first kappa shape index (κ1) is 20.8. The third-order valence-corrected chi connectivity index (χ3v) is 3.74. The number of carbonyl (C=O) groups excluding carboxylic acids is 3. The molecule has 28 heavy (non-hydrogen) atoms. The van der Waals surface area contributed by atoms with Crippen molar-refractivity contribution in [3.63, 3.8) is 0 Å². The highest BCUT2D eigenvalue weighted by Crippen LogP contribution is 2.15. The molecule has 146 valence electrons. The van der Waals surface area contributed by atoms with E-state index in [2.05, 4.69) is 20.9 Å². The van der Waals surface area contributed by atoms with Gasteiger partial charge in [-0.2, -0.15) is 0 Å². The molecule has 3 N–H and O–H groups in total. The molecule has 0 atom stereocenters. The largest absolute Gasteiger partial charge is 0.483 e. The number of hydrogen-bond donors (Lipinski definition) is 3. The van der Waals surface area contributed by atoms with Crippen molar-refractivity contribution >= 4 is 35.1 Å². The second-order valence-corrected chi connectivity index (χ2v) is 5.99. The first-order chi connectivity index (χ1) is 13.4. The van der Waals surface area contributed by atoms with Crippen molar-refractivity contribution in [1.82, 2.24) is 16.2 Å². The minimum absolute atomic E-state index is 0.113. The summed E-state index contributed by atoms with van der Waals surface area (Å²) in [6, 6.07) is 13.2. The number of esters is 1. The van der Waals surface area contributed by atoms with Crippen molar-refractivity contribution in [3.8, 4) is 5.75 Å². The van der Waals surface area contributed by atoms with Gasteiger partial charge in [-0.1, -0.05) is 24.3 Å². The van der Waals surface area contributed by atoms with Crippen molar-refractivity contribution in [1.29, 1.82) is 0 Å². The van der Waals surface area contributed by atoms with Crippen molar-refractivity contribution in [2.75, 3.05) is 13.7 Å². The molecule has 0 unspecified atom stereocenters. The number of benzene rings is 2. The van der Waals surface area contributed by atoms with Crippen LogP contribution in [-0.4, -0.2) is 36.6 Å². The lowest BCUT2D eigenvalue weighted by Gasteiger charge is -2.12. The summed E-state index contributed by atoms with van der Waals surface area (Å²) in [4.78, 5) is 35.5.